The van der Waals surface area contributed by atoms with Crippen LogP contribution in [0.15, 0.2) is 24.3 Å². The van der Waals surface area contributed by atoms with Crippen molar-refractivity contribution in [1.29, 1.82) is 0 Å². The number of hydrogen-bond donors (Lipinski definition) is 2. The molecule has 1 unspecified atom stereocenters. The fraction of sp³-hybridized carbons (Fsp3) is 0.385. The average molecular weight is 275 g/mol. The minimum absolute atomic E-state index is 0.150. The minimum Gasteiger partial charge on any atom is -0.507 e. The predicted molar refractivity (Wildman–Crippen MR) is 68.4 cm³/mol. The van der Waals surface area contributed by atoms with E-state index in [1.54, 1.807) is 6.07 Å². The molecule has 0 fully saturated rings. The van der Waals surface area contributed by atoms with Gasteiger partial charge in [0.2, 0.25) is 0 Å². The Morgan fingerprint density at radius 1 is 1.26 bits per heavy atom. The summed E-state index contributed by atoms with van der Waals surface area (Å²) < 4.78 is 42.7. The van der Waals surface area contributed by atoms with Crippen LogP contribution in [0.3, 0.4) is 0 Å². The van der Waals surface area contributed by atoms with Crippen molar-refractivity contribution in [1.82, 2.24) is 0 Å². The normalized spacial score (nSPS) is 17.4. The van der Waals surface area contributed by atoms with Crippen LogP contribution in [0.4, 0.5) is 18.9 Å². The Balaban J connectivity index is 0.000000861. The molecule has 0 spiro atoms. The first-order valence-electron chi connectivity index (χ1n) is 5.85. The van der Waals surface area contributed by atoms with E-state index in [1.807, 2.05) is 13.8 Å². The highest BCUT2D eigenvalue weighted by Gasteiger charge is 2.41. The molecule has 0 radical (unpaired) electrons. The second-order valence-corrected chi connectivity index (χ2v) is 3.60. The van der Waals surface area contributed by atoms with E-state index in [-0.39, 0.29) is 11.4 Å². The van der Waals surface area contributed by atoms with Crippen molar-refractivity contribution in [3.63, 3.8) is 0 Å². The summed E-state index contributed by atoms with van der Waals surface area (Å²) in [6, 6.07) is 2.73. The van der Waals surface area contributed by atoms with E-state index in [1.165, 1.54) is 19.2 Å². The molecule has 1 aliphatic heterocycles. The molecular formula is C13H16F3NO2. The summed E-state index contributed by atoms with van der Waals surface area (Å²) in [5.41, 5.74) is 0.446. The number of halogens is 3. The first-order chi connectivity index (χ1) is 8.93. The number of alkyl halides is 3. The predicted octanol–water partition coefficient (Wildman–Crippen LogP) is 3.98. The lowest BCUT2D eigenvalue weighted by Gasteiger charge is -2.26. The van der Waals surface area contributed by atoms with Gasteiger partial charge in [-0.2, -0.15) is 13.2 Å². The zero-order chi connectivity index (χ0) is 14.6. The number of aliphatic hydroxyl groups is 1. The highest BCUT2D eigenvalue weighted by Crippen LogP contribution is 2.39. The molecule has 1 atom stereocenters. The molecule has 19 heavy (non-hydrogen) atoms. The van der Waals surface area contributed by atoms with Crippen molar-refractivity contribution in [2.45, 2.75) is 26.1 Å². The molecule has 0 saturated carbocycles. The summed E-state index contributed by atoms with van der Waals surface area (Å²) in [5.74, 6) is -0.142. The third-order valence-corrected chi connectivity index (χ3v) is 2.50. The Bertz CT molecular complexity index is 469. The van der Waals surface area contributed by atoms with Crippen molar-refractivity contribution >= 4 is 11.4 Å². The third kappa shape index (κ3) is 3.13. The maximum atomic E-state index is 12.6. The monoisotopic (exact) mass is 275 g/mol. The number of fused-ring (bicyclic) bond motifs is 1. The fourth-order valence-electron chi connectivity index (χ4n) is 1.68. The molecule has 0 aliphatic carbocycles. The summed E-state index contributed by atoms with van der Waals surface area (Å²) in [4.78, 5) is 0. The van der Waals surface area contributed by atoms with Gasteiger partial charge < -0.3 is 15.2 Å². The number of benzene rings is 1. The summed E-state index contributed by atoms with van der Waals surface area (Å²) >= 11 is 0. The second kappa shape index (κ2) is 5.86. The van der Waals surface area contributed by atoms with Gasteiger partial charge >= 0.3 is 6.18 Å². The van der Waals surface area contributed by atoms with E-state index < -0.39 is 18.0 Å². The first kappa shape index (κ1) is 15.2. The third-order valence-electron chi connectivity index (χ3n) is 2.50. The summed E-state index contributed by atoms with van der Waals surface area (Å²) in [6.45, 7) is 4.00. The van der Waals surface area contributed by atoms with E-state index >= 15 is 0 Å². The van der Waals surface area contributed by atoms with Crippen LogP contribution in [0.25, 0.3) is 5.76 Å². The fourth-order valence-corrected chi connectivity index (χ4v) is 1.68. The van der Waals surface area contributed by atoms with Crippen LogP contribution in [0, 0.1) is 0 Å². The van der Waals surface area contributed by atoms with Crippen LogP contribution in [-0.4, -0.2) is 24.4 Å². The number of hydrogen-bond acceptors (Lipinski definition) is 3. The lowest BCUT2D eigenvalue weighted by molar-refractivity contribution is -0.132. The van der Waals surface area contributed by atoms with Gasteiger partial charge in [0.05, 0.1) is 12.8 Å². The van der Waals surface area contributed by atoms with Crippen LogP contribution >= 0.6 is 0 Å². The smallest absolute Gasteiger partial charge is 0.412 e. The van der Waals surface area contributed by atoms with Crippen molar-refractivity contribution in [3.05, 3.63) is 29.8 Å². The van der Waals surface area contributed by atoms with E-state index in [2.05, 4.69) is 5.32 Å². The standard InChI is InChI=1S/C11H10F3NO2.C2H6/c1-17-8-4-2-3-6-7(16)5-9(11(12,13)14)15-10(6)8;1-2/h2-5,9,15-16H,1H3;1-2H3. The van der Waals surface area contributed by atoms with Gasteiger partial charge in [0.25, 0.3) is 0 Å². The largest absolute Gasteiger partial charge is 0.507 e. The van der Waals surface area contributed by atoms with Gasteiger partial charge in [-0.15, -0.1) is 0 Å². The van der Waals surface area contributed by atoms with Gasteiger partial charge in [-0.05, 0) is 18.2 Å². The maximum Gasteiger partial charge on any atom is 0.412 e. The Morgan fingerprint density at radius 2 is 1.89 bits per heavy atom. The molecule has 1 aliphatic rings. The number of anilines is 1. The Kier molecular flexibility index (Phi) is 4.69. The summed E-state index contributed by atoms with van der Waals surface area (Å²) in [7, 11) is 1.36. The van der Waals surface area contributed by atoms with Crippen LogP contribution in [0.1, 0.15) is 19.4 Å². The topological polar surface area (TPSA) is 41.5 Å². The molecule has 106 valence electrons. The maximum absolute atomic E-state index is 12.6. The van der Waals surface area contributed by atoms with E-state index in [0.717, 1.165) is 6.08 Å². The molecule has 1 heterocycles. The molecule has 0 saturated heterocycles. The number of para-hydroxylation sites is 1. The molecule has 2 N–H and O–H groups in total. The van der Waals surface area contributed by atoms with Crippen LogP contribution in [0.5, 0.6) is 5.75 Å². The van der Waals surface area contributed by atoms with Crippen molar-refractivity contribution in [3.8, 4) is 5.75 Å². The molecule has 0 aromatic heterocycles. The van der Waals surface area contributed by atoms with Gasteiger partial charge in [0.1, 0.15) is 17.6 Å². The second-order valence-electron chi connectivity index (χ2n) is 3.60. The number of ether oxygens (including phenoxy) is 1. The molecule has 0 bridgehead atoms. The minimum atomic E-state index is -4.47. The quantitative estimate of drug-likeness (QED) is 0.814. The molecular weight excluding hydrogens is 259 g/mol. The van der Waals surface area contributed by atoms with E-state index in [9.17, 15) is 18.3 Å². The van der Waals surface area contributed by atoms with E-state index in [4.69, 9.17) is 4.74 Å². The number of nitrogens with one attached hydrogen (secondary N) is 1. The molecule has 2 rings (SSSR count). The molecule has 0 amide bonds. The summed E-state index contributed by atoms with van der Waals surface area (Å²) in [5, 5.41) is 11.9. The number of aliphatic hydroxyl groups excluding tert-OH is 1. The molecule has 1 aromatic rings. The van der Waals surface area contributed by atoms with E-state index in [0.29, 0.717) is 5.56 Å². The van der Waals surface area contributed by atoms with Gasteiger partial charge in [-0.3, -0.25) is 0 Å². The van der Waals surface area contributed by atoms with Crippen LogP contribution < -0.4 is 10.1 Å². The zero-order valence-corrected chi connectivity index (χ0v) is 10.9. The summed E-state index contributed by atoms with van der Waals surface area (Å²) in [6.07, 6.45) is -3.73. The van der Waals surface area contributed by atoms with Gasteiger partial charge in [0, 0.05) is 5.56 Å². The average Bonchev–Trinajstić information content (AvgIpc) is 2.39. The van der Waals surface area contributed by atoms with Gasteiger partial charge in [-0.25, -0.2) is 0 Å². The molecule has 1 aromatic carbocycles. The van der Waals surface area contributed by atoms with Crippen molar-refractivity contribution in [2.24, 2.45) is 0 Å². The Hall–Kier alpha value is -1.85. The zero-order valence-electron chi connectivity index (χ0n) is 10.9. The Morgan fingerprint density at radius 3 is 2.42 bits per heavy atom. The highest BCUT2D eigenvalue weighted by molar-refractivity contribution is 5.80. The molecule has 6 heteroatoms. The van der Waals surface area contributed by atoms with Gasteiger partial charge in [0.15, 0.2) is 0 Å². The van der Waals surface area contributed by atoms with Crippen LogP contribution in [0.2, 0.25) is 0 Å². The lowest BCUT2D eigenvalue weighted by atomic mass is 10.0. The Labute approximate surface area is 109 Å². The molecule has 3 nitrogen and oxygen atoms in total. The highest BCUT2D eigenvalue weighted by atomic mass is 19.4. The van der Waals surface area contributed by atoms with Crippen LogP contribution in [-0.2, 0) is 0 Å². The van der Waals surface area contributed by atoms with Crippen molar-refractivity contribution < 1.29 is 23.0 Å². The number of methoxy groups -OCH3 is 1. The first-order valence-corrected chi connectivity index (χ1v) is 5.85. The lowest BCUT2D eigenvalue weighted by Crippen LogP contribution is -2.36. The number of rotatable bonds is 1. The van der Waals surface area contributed by atoms with Gasteiger partial charge in [-0.1, -0.05) is 19.9 Å². The SMILES string of the molecule is CC.COc1cccc2c1NC(C(F)(F)F)C=C2O. The van der Waals surface area contributed by atoms with Crippen molar-refractivity contribution in [2.75, 3.05) is 12.4 Å².